The summed E-state index contributed by atoms with van der Waals surface area (Å²) in [5.74, 6) is -1.69. The Labute approximate surface area is 155 Å². The van der Waals surface area contributed by atoms with Crippen molar-refractivity contribution in [1.82, 2.24) is 9.78 Å². The van der Waals surface area contributed by atoms with Gasteiger partial charge in [-0.05, 0) is 43.3 Å². The number of nitrogens with zero attached hydrogens (tertiary/aromatic N) is 2. The van der Waals surface area contributed by atoms with Crippen molar-refractivity contribution in [2.24, 2.45) is 0 Å². The van der Waals surface area contributed by atoms with Crippen LogP contribution in [0.5, 0.6) is 5.75 Å². The van der Waals surface area contributed by atoms with Crippen molar-refractivity contribution in [2.45, 2.75) is 13.0 Å². The number of esters is 1. The minimum atomic E-state index is -1.51. The van der Waals surface area contributed by atoms with Gasteiger partial charge in [0, 0.05) is 6.20 Å². The van der Waals surface area contributed by atoms with E-state index in [2.05, 4.69) is 5.10 Å². The van der Waals surface area contributed by atoms with E-state index in [1.807, 2.05) is 30.3 Å². The number of carbonyl (C=O) groups excluding carboxylic acids is 2. The lowest BCUT2D eigenvalue weighted by Crippen LogP contribution is -2.37. The second kappa shape index (κ2) is 8.27. The minimum Gasteiger partial charge on any atom is -0.470 e. The number of benzene rings is 2. The lowest BCUT2D eigenvalue weighted by molar-refractivity contribution is -0.149. The Morgan fingerprint density at radius 3 is 2.48 bits per heavy atom. The molecule has 0 spiro atoms. The first kappa shape index (κ1) is 18.3. The van der Waals surface area contributed by atoms with Crippen LogP contribution in [0, 0.1) is 5.82 Å². The summed E-state index contributed by atoms with van der Waals surface area (Å²) in [4.78, 5) is 25.1. The number of rotatable bonds is 7. The average molecular weight is 368 g/mol. The minimum absolute atomic E-state index is 0.0959. The predicted molar refractivity (Wildman–Crippen MR) is 95.3 cm³/mol. The summed E-state index contributed by atoms with van der Waals surface area (Å²) >= 11 is 0. The highest BCUT2D eigenvalue weighted by atomic mass is 19.1. The Balaban J connectivity index is 1.85. The highest BCUT2D eigenvalue weighted by Gasteiger charge is 2.32. The van der Waals surface area contributed by atoms with Crippen LogP contribution in [-0.2, 0) is 9.53 Å². The normalized spacial score (nSPS) is 11.6. The fourth-order valence-electron chi connectivity index (χ4n) is 2.40. The summed E-state index contributed by atoms with van der Waals surface area (Å²) < 4.78 is 25.0. The molecule has 0 saturated heterocycles. The van der Waals surface area contributed by atoms with Crippen LogP contribution in [-0.4, -0.2) is 34.2 Å². The molecule has 1 aromatic heterocycles. The standard InChI is InChI=1S/C20H17FN2O4/c1-2-26-20(25)19(27-17-10-8-15(21)9-11-17)18(24)14-12-22-23(13-14)16-6-4-3-5-7-16/h3-13,19H,2H2,1H3. The van der Waals surface area contributed by atoms with Crippen molar-refractivity contribution in [1.29, 1.82) is 0 Å². The zero-order valence-corrected chi connectivity index (χ0v) is 14.5. The fourth-order valence-corrected chi connectivity index (χ4v) is 2.40. The van der Waals surface area contributed by atoms with E-state index in [9.17, 15) is 14.0 Å². The van der Waals surface area contributed by atoms with Gasteiger partial charge < -0.3 is 9.47 Å². The summed E-state index contributed by atoms with van der Waals surface area (Å²) in [7, 11) is 0. The third kappa shape index (κ3) is 4.38. The van der Waals surface area contributed by atoms with Gasteiger partial charge in [0.2, 0.25) is 5.78 Å². The summed E-state index contributed by atoms with van der Waals surface area (Å²) in [5, 5.41) is 4.15. The molecule has 2 aromatic carbocycles. The van der Waals surface area contributed by atoms with E-state index in [-0.39, 0.29) is 17.9 Å². The van der Waals surface area contributed by atoms with E-state index < -0.39 is 23.7 Å². The largest absolute Gasteiger partial charge is 0.470 e. The molecule has 0 bridgehead atoms. The molecule has 0 amide bonds. The SMILES string of the molecule is CCOC(=O)C(Oc1ccc(F)cc1)C(=O)c1cnn(-c2ccccc2)c1. The molecule has 138 valence electrons. The first-order valence-corrected chi connectivity index (χ1v) is 8.31. The Morgan fingerprint density at radius 1 is 1.11 bits per heavy atom. The van der Waals surface area contributed by atoms with Crippen LogP contribution >= 0.6 is 0 Å². The number of para-hydroxylation sites is 1. The van der Waals surface area contributed by atoms with Gasteiger partial charge in [-0.1, -0.05) is 18.2 Å². The van der Waals surface area contributed by atoms with Crippen molar-refractivity contribution < 1.29 is 23.5 Å². The number of halogens is 1. The van der Waals surface area contributed by atoms with E-state index in [4.69, 9.17) is 9.47 Å². The average Bonchev–Trinajstić information content (AvgIpc) is 3.18. The van der Waals surface area contributed by atoms with Gasteiger partial charge in [0.15, 0.2) is 0 Å². The Hall–Kier alpha value is -3.48. The van der Waals surface area contributed by atoms with Gasteiger partial charge in [-0.25, -0.2) is 13.9 Å². The van der Waals surface area contributed by atoms with Crippen LogP contribution in [0.4, 0.5) is 4.39 Å². The van der Waals surface area contributed by atoms with Crippen molar-refractivity contribution in [3.05, 3.63) is 78.4 Å². The molecule has 0 aliphatic heterocycles. The van der Waals surface area contributed by atoms with E-state index in [1.54, 1.807) is 6.92 Å². The topological polar surface area (TPSA) is 70.4 Å². The number of ether oxygens (including phenoxy) is 2. The lowest BCUT2D eigenvalue weighted by atomic mass is 10.1. The Kier molecular flexibility index (Phi) is 5.61. The van der Waals surface area contributed by atoms with Crippen molar-refractivity contribution in [2.75, 3.05) is 6.61 Å². The summed E-state index contributed by atoms with van der Waals surface area (Å²) in [5.41, 5.74) is 0.961. The number of ketones is 1. The number of hydrogen-bond acceptors (Lipinski definition) is 5. The van der Waals surface area contributed by atoms with E-state index in [0.717, 1.165) is 5.69 Å². The fraction of sp³-hybridized carbons (Fsp3) is 0.150. The monoisotopic (exact) mass is 368 g/mol. The van der Waals surface area contributed by atoms with Crippen LogP contribution in [0.2, 0.25) is 0 Å². The molecule has 0 fully saturated rings. The van der Waals surface area contributed by atoms with Crippen molar-refractivity contribution in [3.63, 3.8) is 0 Å². The summed E-state index contributed by atoms with van der Waals surface area (Å²) in [6.07, 6.45) is 1.36. The maximum absolute atomic E-state index is 13.1. The molecule has 0 N–H and O–H groups in total. The maximum Gasteiger partial charge on any atom is 0.355 e. The maximum atomic E-state index is 13.1. The van der Waals surface area contributed by atoms with E-state index in [1.165, 1.54) is 41.3 Å². The molecule has 1 atom stereocenters. The van der Waals surface area contributed by atoms with Gasteiger partial charge in [-0.2, -0.15) is 5.10 Å². The zero-order valence-electron chi connectivity index (χ0n) is 14.5. The first-order chi connectivity index (χ1) is 13.1. The van der Waals surface area contributed by atoms with Gasteiger partial charge >= 0.3 is 5.97 Å². The molecule has 0 aliphatic rings. The molecule has 0 saturated carbocycles. The van der Waals surface area contributed by atoms with E-state index >= 15 is 0 Å². The Bertz CT molecular complexity index is 923. The molecule has 0 aliphatic carbocycles. The lowest BCUT2D eigenvalue weighted by Gasteiger charge is -2.16. The van der Waals surface area contributed by atoms with Gasteiger partial charge in [0.25, 0.3) is 6.10 Å². The second-order valence-corrected chi connectivity index (χ2v) is 5.58. The molecule has 3 aromatic rings. The molecular weight excluding hydrogens is 351 g/mol. The molecule has 6 nitrogen and oxygen atoms in total. The number of Topliss-reactive ketones (excluding diaryl/α,β-unsaturated/α-hetero) is 1. The second-order valence-electron chi connectivity index (χ2n) is 5.58. The molecule has 1 unspecified atom stereocenters. The molecule has 0 radical (unpaired) electrons. The number of carbonyl (C=O) groups is 2. The molecule has 1 heterocycles. The quantitative estimate of drug-likeness (QED) is 0.364. The first-order valence-electron chi connectivity index (χ1n) is 8.31. The van der Waals surface area contributed by atoms with Gasteiger partial charge in [-0.15, -0.1) is 0 Å². The highest BCUT2D eigenvalue weighted by Crippen LogP contribution is 2.17. The summed E-state index contributed by atoms with van der Waals surface area (Å²) in [6, 6.07) is 14.2. The molecule has 3 rings (SSSR count). The van der Waals surface area contributed by atoms with Crippen LogP contribution in [0.15, 0.2) is 67.0 Å². The van der Waals surface area contributed by atoms with Crippen LogP contribution in [0.1, 0.15) is 17.3 Å². The number of aromatic nitrogens is 2. The van der Waals surface area contributed by atoms with E-state index in [0.29, 0.717) is 0 Å². The third-order valence-electron chi connectivity index (χ3n) is 3.69. The molecule has 27 heavy (non-hydrogen) atoms. The third-order valence-corrected chi connectivity index (χ3v) is 3.69. The van der Waals surface area contributed by atoms with Crippen LogP contribution in [0.3, 0.4) is 0 Å². The smallest absolute Gasteiger partial charge is 0.355 e. The molecular formula is C20H17FN2O4. The zero-order chi connectivity index (χ0) is 19.2. The predicted octanol–water partition coefficient (Wildman–Crippen LogP) is 3.20. The summed E-state index contributed by atoms with van der Waals surface area (Å²) in [6.45, 7) is 1.73. The molecule has 7 heteroatoms. The van der Waals surface area contributed by atoms with Crippen molar-refractivity contribution in [3.8, 4) is 11.4 Å². The van der Waals surface area contributed by atoms with Gasteiger partial charge in [0.05, 0.1) is 24.1 Å². The van der Waals surface area contributed by atoms with Crippen LogP contribution in [0.25, 0.3) is 5.69 Å². The van der Waals surface area contributed by atoms with Crippen molar-refractivity contribution >= 4 is 11.8 Å². The number of hydrogen-bond donors (Lipinski definition) is 0. The highest BCUT2D eigenvalue weighted by molar-refractivity contribution is 6.11. The van der Waals surface area contributed by atoms with Gasteiger partial charge in [-0.3, -0.25) is 4.79 Å². The van der Waals surface area contributed by atoms with Crippen LogP contribution < -0.4 is 4.74 Å². The Morgan fingerprint density at radius 2 is 1.81 bits per heavy atom. The van der Waals surface area contributed by atoms with Gasteiger partial charge in [0.1, 0.15) is 11.6 Å².